The average molecular weight is 265 g/mol. The first-order valence-corrected chi connectivity index (χ1v) is 7.57. The zero-order valence-electron chi connectivity index (χ0n) is 11.6. The van der Waals surface area contributed by atoms with Gasteiger partial charge in [0.2, 0.25) is 5.89 Å². The summed E-state index contributed by atoms with van der Waals surface area (Å²) in [6, 6.07) is 0.266. The molecule has 2 aliphatic heterocycles. The number of nitrogens with one attached hydrogen (secondary N) is 1. The lowest BCUT2D eigenvalue weighted by molar-refractivity contribution is 0.0953. The fraction of sp³-hybridized carbons (Fsp3) is 0.857. The molecule has 5 nitrogen and oxygen atoms in total. The molecule has 3 rings (SSSR count). The lowest BCUT2D eigenvalue weighted by Gasteiger charge is -2.12. The molecule has 2 saturated heterocycles. The van der Waals surface area contributed by atoms with Crippen LogP contribution in [-0.2, 0) is 4.74 Å². The van der Waals surface area contributed by atoms with Crippen LogP contribution in [0.2, 0.25) is 0 Å². The summed E-state index contributed by atoms with van der Waals surface area (Å²) in [6.07, 6.45) is 7.14. The highest BCUT2D eigenvalue weighted by atomic mass is 16.5. The van der Waals surface area contributed by atoms with Gasteiger partial charge < -0.3 is 14.6 Å². The molecule has 1 aromatic heterocycles. The second kappa shape index (κ2) is 6.01. The maximum atomic E-state index is 5.70. The van der Waals surface area contributed by atoms with E-state index in [2.05, 4.69) is 22.4 Å². The number of nitrogens with zero attached hydrogens (tertiary/aromatic N) is 2. The predicted molar refractivity (Wildman–Crippen MR) is 70.9 cm³/mol. The Balaban J connectivity index is 1.71. The van der Waals surface area contributed by atoms with Crippen LogP contribution in [0.4, 0.5) is 0 Å². The standard InChI is InChI=1S/C14H23N3O2/c1-2-12-10(7-9-18-12)14-16-13(17-19-14)11-6-4-3-5-8-15-11/h10-12,15H,2-9H2,1H3. The largest absolute Gasteiger partial charge is 0.377 e. The number of aromatic nitrogens is 2. The van der Waals surface area contributed by atoms with E-state index in [1.165, 1.54) is 19.3 Å². The Bertz CT molecular complexity index is 399. The minimum Gasteiger partial charge on any atom is -0.377 e. The summed E-state index contributed by atoms with van der Waals surface area (Å²) >= 11 is 0. The van der Waals surface area contributed by atoms with Crippen molar-refractivity contribution < 1.29 is 9.26 Å². The van der Waals surface area contributed by atoms with Crippen LogP contribution in [0.1, 0.15) is 69.1 Å². The second-order valence-electron chi connectivity index (χ2n) is 5.56. The zero-order chi connectivity index (χ0) is 13.1. The van der Waals surface area contributed by atoms with E-state index in [1.807, 2.05) is 0 Å². The van der Waals surface area contributed by atoms with E-state index in [0.29, 0.717) is 0 Å². The van der Waals surface area contributed by atoms with Crippen LogP contribution in [0.25, 0.3) is 0 Å². The van der Waals surface area contributed by atoms with Crippen LogP contribution in [0, 0.1) is 0 Å². The molecule has 2 fully saturated rings. The fourth-order valence-electron chi connectivity index (χ4n) is 3.12. The number of ether oxygens (including phenoxy) is 1. The van der Waals surface area contributed by atoms with Crippen LogP contribution in [0.3, 0.4) is 0 Å². The van der Waals surface area contributed by atoms with Crippen molar-refractivity contribution in [3.05, 3.63) is 11.7 Å². The monoisotopic (exact) mass is 265 g/mol. The Hall–Kier alpha value is -0.940. The lowest BCUT2D eigenvalue weighted by Crippen LogP contribution is -2.21. The Morgan fingerprint density at radius 2 is 2.21 bits per heavy atom. The van der Waals surface area contributed by atoms with Crippen molar-refractivity contribution in [3.8, 4) is 0 Å². The van der Waals surface area contributed by atoms with Gasteiger partial charge in [0.25, 0.3) is 0 Å². The van der Waals surface area contributed by atoms with Crippen LogP contribution < -0.4 is 5.32 Å². The molecule has 3 heterocycles. The van der Waals surface area contributed by atoms with E-state index < -0.39 is 0 Å². The van der Waals surface area contributed by atoms with E-state index in [1.54, 1.807) is 0 Å². The molecule has 0 aliphatic carbocycles. The van der Waals surface area contributed by atoms with Gasteiger partial charge >= 0.3 is 0 Å². The summed E-state index contributed by atoms with van der Waals surface area (Å²) in [4.78, 5) is 4.64. The third kappa shape index (κ3) is 2.82. The van der Waals surface area contributed by atoms with Gasteiger partial charge in [-0.2, -0.15) is 4.98 Å². The number of rotatable bonds is 3. The average Bonchev–Trinajstić information content (AvgIpc) is 3.01. The van der Waals surface area contributed by atoms with E-state index in [4.69, 9.17) is 9.26 Å². The van der Waals surface area contributed by atoms with Crippen LogP contribution in [0.15, 0.2) is 4.52 Å². The molecule has 0 spiro atoms. The van der Waals surface area contributed by atoms with Gasteiger partial charge in [-0.25, -0.2) is 0 Å². The summed E-state index contributed by atoms with van der Waals surface area (Å²) < 4.78 is 11.2. The molecule has 106 valence electrons. The van der Waals surface area contributed by atoms with Gasteiger partial charge in [0, 0.05) is 6.61 Å². The first kappa shape index (κ1) is 13.1. The minimum atomic E-state index is 0.246. The Labute approximate surface area is 114 Å². The Kier molecular flexibility index (Phi) is 4.13. The fourth-order valence-corrected chi connectivity index (χ4v) is 3.12. The van der Waals surface area contributed by atoms with Gasteiger partial charge in [-0.05, 0) is 32.2 Å². The van der Waals surface area contributed by atoms with Crippen molar-refractivity contribution in [3.63, 3.8) is 0 Å². The summed E-state index contributed by atoms with van der Waals surface area (Å²) in [5, 5.41) is 7.70. The highest BCUT2D eigenvalue weighted by Gasteiger charge is 2.33. The highest BCUT2D eigenvalue weighted by molar-refractivity contribution is 5.02. The van der Waals surface area contributed by atoms with Gasteiger partial charge in [0.15, 0.2) is 5.82 Å². The zero-order valence-corrected chi connectivity index (χ0v) is 11.6. The van der Waals surface area contributed by atoms with E-state index in [0.717, 1.165) is 44.1 Å². The molecular formula is C14H23N3O2. The van der Waals surface area contributed by atoms with Crippen molar-refractivity contribution in [2.24, 2.45) is 0 Å². The first-order chi connectivity index (χ1) is 9.38. The quantitative estimate of drug-likeness (QED) is 0.910. The van der Waals surface area contributed by atoms with E-state index in [9.17, 15) is 0 Å². The predicted octanol–water partition coefficient (Wildman–Crippen LogP) is 2.56. The second-order valence-corrected chi connectivity index (χ2v) is 5.56. The van der Waals surface area contributed by atoms with Crippen LogP contribution in [-0.4, -0.2) is 29.4 Å². The molecule has 0 radical (unpaired) electrons. The molecule has 19 heavy (non-hydrogen) atoms. The molecule has 0 aromatic carbocycles. The van der Waals surface area contributed by atoms with Crippen molar-refractivity contribution in [2.75, 3.05) is 13.2 Å². The maximum Gasteiger partial charge on any atom is 0.232 e. The molecule has 1 N–H and O–H groups in total. The maximum absolute atomic E-state index is 5.70. The summed E-state index contributed by atoms with van der Waals surface area (Å²) in [6.45, 7) is 4.01. The van der Waals surface area contributed by atoms with Gasteiger partial charge in [0.1, 0.15) is 0 Å². The van der Waals surface area contributed by atoms with E-state index >= 15 is 0 Å². The Morgan fingerprint density at radius 1 is 1.26 bits per heavy atom. The first-order valence-electron chi connectivity index (χ1n) is 7.57. The molecule has 0 saturated carbocycles. The lowest BCUT2D eigenvalue weighted by atomic mass is 10.00. The molecule has 5 heteroatoms. The molecular weight excluding hydrogens is 242 g/mol. The van der Waals surface area contributed by atoms with Crippen molar-refractivity contribution in [1.29, 1.82) is 0 Å². The molecule has 1 aromatic rings. The van der Waals surface area contributed by atoms with Crippen molar-refractivity contribution >= 4 is 0 Å². The molecule has 3 atom stereocenters. The molecule has 0 bridgehead atoms. The van der Waals surface area contributed by atoms with Gasteiger partial charge in [-0.3, -0.25) is 0 Å². The summed E-state index contributed by atoms with van der Waals surface area (Å²) in [7, 11) is 0. The number of hydrogen-bond acceptors (Lipinski definition) is 5. The van der Waals surface area contributed by atoms with Crippen molar-refractivity contribution in [2.45, 2.75) is 63.5 Å². The molecule has 2 aliphatic rings. The van der Waals surface area contributed by atoms with Crippen molar-refractivity contribution in [1.82, 2.24) is 15.5 Å². The van der Waals surface area contributed by atoms with Gasteiger partial charge in [-0.15, -0.1) is 0 Å². The smallest absolute Gasteiger partial charge is 0.232 e. The normalized spacial score (nSPS) is 32.4. The van der Waals surface area contributed by atoms with Crippen LogP contribution in [0.5, 0.6) is 0 Å². The summed E-state index contributed by atoms with van der Waals surface area (Å²) in [5.41, 5.74) is 0. The molecule has 3 unspecified atom stereocenters. The van der Waals surface area contributed by atoms with Crippen LogP contribution >= 0.6 is 0 Å². The van der Waals surface area contributed by atoms with Gasteiger partial charge in [-0.1, -0.05) is 24.9 Å². The third-order valence-electron chi connectivity index (χ3n) is 4.26. The number of hydrogen-bond donors (Lipinski definition) is 1. The SMILES string of the molecule is CCC1OCCC1c1nc(C2CCCCCN2)no1. The minimum absolute atomic E-state index is 0.246. The highest BCUT2D eigenvalue weighted by Crippen LogP contribution is 2.32. The third-order valence-corrected chi connectivity index (χ3v) is 4.26. The topological polar surface area (TPSA) is 60.2 Å². The van der Waals surface area contributed by atoms with Gasteiger partial charge in [0.05, 0.1) is 18.1 Å². The summed E-state index contributed by atoms with van der Waals surface area (Å²) in [5.74, 6) is 1.89. The van der Waals surface area contributed by atoms with E-state index in [-0.39, 0.29) is 18.1 Å². The Morgan fingerprint density at radius 3 is 3.11 bits per heavy atom. The molecule has 0 amide bonds.